The van der Waals surface area contributed by atoms with Gasteiger partial charge >= 0.3 is 11.9 Å². The molecular formula is C16H15N3O5S. The number of ether oxygens (including phenoxy) is 1. The fraction of sp³-hybridized carbons (Fsp3) is 0.250. The molecule has 8 nitrogen and oxygen atoms in total. The van der Waals surface area contributed by atoms with Crippen molar-refractivity contribution in [3.8, 4) is 5.75 Å². The zero-order chi connectivity index (χ0) is 18.0. The number of aromatic nitrogens is 1. The Bertz CT molecular complexity index is 929. The fourth-order valence-corrected chi connectivity index (χ4v) is 3.40. The van der Waals surface area contributed by atoms with E-state index in [1.54, 1.807) is 18.2 Å². The fourth-order valence-electron chi connectivity index (χ4n) is 2.28. The van der Waals surface area contributed by atoms with Crippen LogP contribution in [0.15, 0.2) is 34.7 Å². The summed E-state index contributed by atoms with van der Waals surface area (Å²) in [4.78, 5) is 28.6. The number of hydrogen-bond donors (Lipinski definition) is 0. The smallest absolute Gasteiger partial charge is 0.421 e. The van der Waals surface area contributed by atoms with Crippen molar-refractivity contribution < 1.29 is 18.9 Å². The SMILES string of the molecule is CCN(CC)c1nc2ccc(OC(=O)c3ccc([N+](=O)[O-])o3)cc2s1. The van der Waals surface area contributed by atoms with Crippen LogP contribution in [-0.2, 0) is 0 Å². The van der Waals surface area contributed by atoms with Crippen LogP contribution in [0.3, 0.4) is 0 Å². The lowest BCUT2D eigenvalue weighted by atomic mass is 10.3. The highest BCUT2D eigenvalue weighted by molar-refractivity contribution is 7.22. The molecule has 0 bridgehead atoms. The van der Waals surface area contributed by atoms with Gasteiger partial charge in [0.15, 0.2) is 5.13 Å². The molecule has 1 aromatic carbocycles. The molecular weight excluding hydrogens is 346 g/mol. The third kappa shape index (κ3) is 3.45. The molecule has 0 atom stereocenters. The molecule has 2 aromatic heterocycles. The average molecular weight is 361 g/mol. The molecule has 3 aromatic rings. The molecule has 9 heteroatoms. The van der Waals surface area contributed by atoms with Crippen molar-refractivity contribution in [3.05, 3.63) is 46.2 Å². The highest BCUT2D eigenvalue weighted by Gasteiger charge is 2.19. The zero-order valence-electron chi connectivity index (χ0n) is 13.6. The van der Waals surface area contributed by atoms with Crippen LogP contribution in [-0.4, -0.2) is 29.0 Å². The topological polar surface area (TPSA) is 98.7 Å². The van der Waals surface area contributed by atoms with Gasteiger partial charge in [0.2, 0.25) is 5.76 Å². The van der Waals surface area contributed by atoms with Crippen LogP contribution in [0.5, 0.6) is 5.75 Å². The summed E-state index contributed by atoms with van der Waals surface area (Å²) in [5.74, 6) is -1.19. The summed E-state index contributed by atoms with van der Waals surface area (Å²) in [6.07, 6.45) is 0. The molecule has 0 spiro atoms. The van der Waals surface area contributed by atoms with Crippen LogP contribution in [0, 0.1) is 10.1 Å². The lowest BCUT2D eigenvalue weighted by Gasteiger charge is -2.16. The summed E-state index contributed by atoms with van der Waals surface area (Å²) in [5.41, 5.74) is 0.820. The molecule has 0 fully saturated rings. The minimum atomic E-state index is -0.791. The van der Waals surface area contributed by atoms with Crippen molar-refractivity contribution in [3.63, 3.8) is 0 Å². The van der Waals surface area contributed by atoms with E-state index in [1.165, 1.54) is 17.4 Å². The third-order valence-electron chi connectivity index (χ3n) is 3.57. The number of rotatable bonds is 6. The molecule has 3 rings (SSSR count). The van der Waals surface area contributed by atoms with E-state index in [9.17, 15) is 14.9 Å². The molecule has 0 aliphatic carbocycles. The van der Waals surface area contributed by atoms with Gasteiger partial charge in [0, 0.05) is 19.2 Å². The number of nitrogens with zero attached hydrogens (tertiary/aromatic N) is 3. The summed E-state index contributed by atoms with van der Waals surface area (Å²) < 4.78 is 11.0. The molecule has 25 heavy (non-hydrogen) atoms. The first-order valence-electron chi connectivity index (χ1n) is 7.63. The number of anilines is 1. The highest BCUT2D eigenvalue weighted by atomic mass is 32.1. The number of carbonyl (C=O) groups is 1. The number of fused-ring (bicyclic) bond motifs is 1. The first-order chi connectivity index (χ1) is 12.0. The standard InChI is InChI=1S/C16H15N3O5S/c1-3-18(4-2)16-17-11-6-5-10(9-13(11)25-16)23-15(20)12-7-8-14(24-12)19(21)22/h5-9H,3-4H2,1-2H3. The Labute approximate surface area is 146 Å². The van der Waals surface area contributed by atoms with Gasteiger partial charge in [-0.3, -0.25) is 10.1 Å². The Morgan fingerprint density at radius 2 is 2.08 bits per heavy atom. The van der Waals surface area contributed by atoms with Crippen molar-refractivity contribution in [1.82, 2.24) is 4.98 Å². The van der Waals surface area contributed by atoms with Crippen LogP contribution in [0.4, 0.5) is 11.0 Å². The predicted molar refractivity (Wildman–Crippen MR) is 93.5 cm³/mol. The Morgan fingerprint density at radius 1 is 1.32 bits per heavy atom. The molecule has 0 aliphatic heterocycles. The number of esters is 1. The maximum absolute atomic E-state index is 12.0. The first kappa shape index (κ1) is 16.9. The van der Waals surface area contributed by atoms with Crippen LogP contribution in [0.1, 0.15) is 24.4 Å². The number of furan rings is 1. The Morgan fingerprint density at radius 3 is 2.72 bits per heavy atom. The van der Waals surface area contributed by atoms with Crippen LogP contribution in [0.2, 0.25) is 0 Å². The molecule has 0 unspecified atom stereocenters. The molecule has 0 aliphatic rings. The number of nitro groups is 1. The zero-order valence-corrected chi connectivity index (χ0v) is 14.4. The van der Waals surface area contributed by atoms with Gasteiger partial charge in [0.1, 0.15) is 10.7 Å². The maximum atomic E-state index is 12.0. The molecule has 0 saturated heterocycles. The first-order valence-corrected chi connectivity index (χ1v) is 8.45. The van der Waals surface area contributed by atoms with Gasteiger partial charge < -0.3 is 14.1 Å². The maximum Gasteiger partial charge on any atom is 0.433 e. The van der Waals surface area contributed by atoms with Crippen LogP contribution < -0.4 is 9.64 Å². The monoisotopic (exact) mass is 361 g/mol. The second kappa shape index (κ2) is 6.89. The summed E-state index contributed by atoms with van der Waals surface area (Å²) in [6.45, 7) is 5.83. The number of benzene rings is 1. The van der Waals surface area contributed by atoms with Gasteiger partial charge in [-0.25, -0.2) is 9.78 Å². The van der Waals surface area contributed by atoms with Crippen LogP contribution >= 0.6 is 11.3 Å². The van der Waals surface area contributed by atoms with Crippen molar-refractivity contribution in [2.24, 2.45) is 0 Å². The summed E-state index contributed by atoms with van der Waals surface area (Å²) >= 11 is 1.51. The van der Waals surface area contributed by atoms with Gasteiger partial charge in [0.25, 0.3) is 0 Å². The molecule has 130 valence electrons. The second-order valence-corrected chi connectivity index (χ2v) is 6.09. The van der Waals surface area contributed by atoms with E-state index in [4.69, 9.17) is 9.15 Å². The van der Waals surface area contributed by atoms with E-state index in [0.29, 0.717) is 5.75 Å². The Hall–Kier alpha value is -2.94. The predicted octanol–water partition coefficient (Wildman–Crippen LogP) is 3.86. The second-order valence-electron chi connectivity index (χ2n) is 5.08. The van der Waals surface area contributed by atoms with E-state index >= 15 is 0 Å². The van der Waals surface area contributed by atoms with Crippen molar-refractivity contribution >= 4 is 38.5 Å². The van der Waals surface area contributed by atoms with E-state index in [1.807, 2.05) is 0 Å². The van der Waals surface area contributed by atoms with Crippen molar-refractivity contribution in [2.75, 3.05) is 18.0 Å². The number of thiazole rings is 1. The average Bonchev–Trinajstić information content (AvgIpc) is 3.22. The highest BCUT2D eigenvalue weighted by Crippen LogP contribution is 2.31. The summed E-state index contributed by atoms with van der Waals surface area (Å²) in [6, 6.07) is 7.44. The van der Waals surface area contributed by atoms with Gasteiger partial charge in [0.05, 0.1) is 16.3 Å². The minimum Gasteiger partial charge on any atom is -0.421 e. The number of hydrogen-bond acceptors (Lipinski definition) is 8. The van der Waals surface area contributed by atoms with Gasteiger partial charge in [-0.15, -0.1) is 0 Å². The Kier molecular flexibility index (Phi) is 4.66. The molecule has 0 saturated carbocycles. The third-order valence-corrected chi connectivity index (χ3v) is 4.65. The van der Waals surface area contributed by atoms with E-state index < -0.39 is 16.8 Å². The normalized spacial score (nSPS) is 10.8. The lowest BCUT2D eigenvalue weighted by Crippen LogP contribution is -2.21. The minimum absolute atomic E-state index is 0.222. The van der Waals surface area contributed by atoms with Crippen LogP contribution in [0.25, 0.3) is 10.2 Å². The van der Waals surface area contributed by atoms with E-state index in [0.717, 1.165) is 34.5 Å². The van der Waals surface area contributed by atoms with E-state index in [-0.39, 0.29) is 5.76 Å². The Balaban J connectivity index is 1.81. The summed E-state index contributed by atoms with van der Waals surface area (Å²) in [5, 5.41) is 11.5. The lowest BCUT2D eigenvalue weighted by molar-refractivity contribution is -0.402. The van der Waals surface area contributed by atoms with E-state index in [2.05, 4.69) is 23.7 Å². The number of carbonyl (C=O) groups excluding carboxylic acids is 1. The molecule has 0 amide bonds. The molecule has 0 N–H and O–H groups in total. The summed E-state index contributed by atoms with van der Waals surface area (Å²) in [7, 11) is 0. The van der Waals surface area contributed by atoms with Crippen molar-refractivity contribution in [1.29, 1.82) is 0 Å². The van der Waals surface area contributed by atoms with Gasteiger partial charge in [-0.05, 0) is 32.0 Å². The quantitative estimate of drug-likeness (QED) is 0.284. The molecule has 0 radical (unpaired) electrons. The molecule has 2 heterocycles. The largest absolute Gasteiger partial charge is 0.433 e. The van der Waals surface area contributed by atoms with Crippen molar-refractivity contribution in [2.45, 2.75) is 13.8 Å². The van der Waals surface area contributed by atoms with Gasteiger partial charge in [-0.2, -0.15) is 0 Å². The van der Waals surface area contributed by atoms with Gasteiger partial charge in [-0.1, -0.05) is 11.3 Å².